The number of fused-ring (bicyclic) bond motifs is 2. The van der Waals surface area contributed by atoms with Gasteiger partial charge < -0.3 is 14.4 Å². The Morgan fingerprint density at radius 1 is 1.13 bits per heavy atom. The Labute approximate surface area is 178 Å². The lowest BCUT2D eigenvalue weighted by Gasteiger charge is -2.31. The minimum atomic E-state index is -1.05. The van der Waals surface area contributed by atoms with Crippen LogP contribution >= 0.6 is 0 Å². The van der Waals surface area contributed by atoms with Gasteiger partial charge in [-0.1, -0.05) is 24.3 Å². The third kappa shape index (κ3) is 3.91. The quantitative estimate of drug-likeness (QED) is 0.643. The summed E-state index contributed by atoms with van der Waals surface area (Å²) in [4.78, 5) is 38.0. The largest absolute Gasteiger partial charge is 0.480 e. The molecule has 0 unspecified atom stereocenters. The first-order valence-corrected chi connectivity index (χ1v) is 9.89. The molecule has 4 rings (SSSR count). The first kappa shape index (κ1) is 20.7. The molecule has 0 saturated carbocycles. The first-order chi connectivity index (χ1) is 14.7. The Kier molecular flexibility index (Phi) is 5.28. The average Bonchev–Trinajstić information content (AvgIpc) is 3.27. The van der Waals surface area contributed by atoms with E-state index in [1.807, 2.05) is 29.3 Å². The Morgan fingerprint density at radius 2 is 1.77 bits per heavy atom. The normalized spacial score (nSPS) is 13.4. The molecule has 31 heavy (non-hydrogen) atoms. The number of aryl methyl sites for hydroxylation is 2. The molecule has 1 aromatic heterocycles. The summed E-state index contributed by atoms with van der Waals surface area (Å²) in [6.45, 7) is 2.58. The Morgan fingerprint density at radius 3 is 2.39 bits per heavy atom. The highest BCUT2D eigenvalue weighted by atomic mass is 16.4. The SMILES string of the molecule is Cc1cc2oc(=O)n(C)c2cc1N(CC(=O)O)CC(=O)N(C)N1Cc2ccccc2C1. The molecule has 2 aromatic carbocycles. The van der Waals surface area contributed by atoms with Crippen molar-refractivity contribution in [2.45, 2.75) is 20.0 Å². The Balaban J connectivity index is 1.59. The van der Waals surface area contributed by atoms with Gasteiger partial charge in [-0.05, 0) is 35.7 Å². The van der Waals surface area contributed by atoms with Crippen LogP contribution in [0.5, 0.6) is 0 Å². The van der Waals surface area contributed by atoms with Crippen LogP contribution in [0.4, 0.5) is 5.69 Å². The molecule has 0 saturated heterocycles. The van der Waals surface area contributed by atoms with Gasteiger partial charge in [-0.3, -0.25) is 19.2 Å². The predicted molar refractivity (Wildman–Crippen MR) is 114 cm³/mol. The van der Waals surface area contributed by atoms with Crippen LogP contribution in [0.2, 0.25) is 0 Å². The molecule has 9 heteroatoms. The summed E-state index contributed by atoms with van der Waals surface area (Å²) in [6, 6.07) is 11.4. The molecule has 0 fully saturated rings. The summed E-state index contributed by atoms with van der Waals surface area (Å²) in [5.74, 6) is -1.78. The minimum absolute atomic E-state index is 0.117. The lowest BCUT2D eigenvalue weighted by Crippen LogP contribution is -2.47. The standard InChI is InChI=1S/C22H24N4O5/c1-14-8-19-18(23(2)22(30)31-19)9-17(14)25(13-21(28)29)12-20(27)24(3)26-10-15-6-4-5-7-16(15)11-26/h4-9H,10-13H2,1-3H3,(H,28,29). The number of aliphatic carboxylic acids is 1. The third-order valence-corrected chi connectivity index (χ3v) is 5.71. The monoisotopic (exact) mass is 424 g/mol. The van der Waals surface area contributed by atoms with Crippen LogP contribution in [0.1, 0.15) is 16.7 Å². The average molecular weight is 424 g/mol. The number of carboxylic acid groups (broad SMARTS) is 1. The highest BCUT2D eigenvalue weighted by Gasteiger charge is 2.27. The number of benzene rings is 2. The molecule has 0 bridgehead atoms. The van der Waals surface area contributed by atoms with Gasteiger partial charge in [0, 0.05) is 32.9 Å². The summed E-state index contributed by atoms with van der Waals surface area (Å²) in [5.41, 5.74) is 4.59. The van der Waals surface area contributed by atoms with Gasteiger partial charge in [-0.15, -0.1) is 0 Å². The second-order valence-electron chi connectivity index (χ2n) is 7.79. The number of anilines is 1. The smallest absolute Gasteiger partial charge is 0.419 e. The van der Waals surface area contributed by atoms with Crippen molar-refractivity contribution >= 4 is 28.7 Å². The first-order valence-electron chi connectivity index (χ1n) is 9.89. The number of oxazole rings is 1. The van der Waals surface area contributed by atoms with Gasteiger partial charge >= 0.3 is 11.7 Å². The Bertz CT molecular complexity index is 1200. The van der Waals surface area contributed by atoms with Gasteiger partial charge in [0.05, 0.1) is 12.1 Å². The maximum atomic E-state index is 13.1. The van der Waals surface area contributed by atoms with Crippen molar-refractivity contribution < 1.29 is 19.1 Å². The summed E-state index contributed by atoms with van der Waals surface area (Å²) in [6.07, 6.45) is 0. The van der Waals surface area contributed by atoms with E-state index >= 15 is 0 Å². The number of rotatable bonds is 6. The number of amides is 1. The molecule has 1 aliphatic heterocycles. The van der Waals surface area contributed by atoms with Gasteiger partial charge in [-0.2, -0.15) is 0 Å². The molecule has 1 N–H and O–H groups in total. The van der Waals surface area contributed by atoms with Crippen LogP contribution < -0.4 is 10.7 Å². The fourth-order valence-corrected chi connectivity index (χ4v) is 3.94. The van der Waals surface area contributed by atoms with Gasteiger partial charge in [0.2, 0.25) is 0 Å². The number of hydrazine groups is 1. The molecule has 3 aromatic rings. The zero-order chi connectivity index (χ0) is 22.3. The molecule has 0 atom stereocenters. The molecule has 1 aliphatic rings. The van der Waals surface area contributed by atoms with Gasteiger partial charge in [0.25, 0.3) is 5.91 Å². The fourth-order valence-electron chi connectivity index (χ4n) is 3.94. The number of likely N-dealkylation sites (N-methyl/N-ethyl adjacent to an activating group) is 1. The van der Waals surface area contributed by atoms with E-state index in [4.69, 9.17) is 4.42 Å². The number of carbonyl (C=O) groups excluding carboxylic acids is 1. The van der Waals surface area contributed by atoms with Crippen LogP contribution in [0.25, 0.3) is 11.1 Å². The summed E-state index contributed by atoms with van der Waals surface area (Å²) in [7, 11) is 3.28. The maximum Gasteiger partial charge on any atom is 0.419 e. The van der Waals surface area contributed by atoms with Crippen LogP contribution in [-0.2, 0) is 29.7 Å². The Hall–Kier alpha value is -3.59. The molecule has 0 spiro atoms. The number of carbonyl (C=O) groups is 2. The van der Waals surface area contributed by atoms with Crippen molar-refractivity contribution in [3.63, 3.8) is 0 Å². The number of aromatic nitrogens is 1. The molecule has 1 amide bonds. The predicted octanol–water partition coefficient (Wildman–Crippen LogP) is 1.72. The lowest BCUT2D eigenvalue weighted by molar-refractivity contribution is -0.145. The maximum absolute atomic E-state index is 13.1. The molecule has 162 valence electrons. The number of nitrogens with zero attached hydrogens (tertiary/aromatic N) is 4. The third-order valence-electron chi connectivity index (χ3n) is 5.71. The van der Waals surface area contributed by atoms with Crippen molar-refractivity contribution in [1.82, 2.24) is 14.6 Å². The van der Waals surface area contributed by atoms with Crippen molar-refractivity contribution in [2.24, 2.45) is 7.05 Å². The van der Waals surface area contributed by atoms with E-state index in [-0.39, 0.29) is 19.0 Å². The summed E-state index contributed by atoms with van der Waals surface area (Å²) in [5, 5.41) is 12.9. The van der Waals surface area contributed by atoms with Crippen LogP contribution in [-0.4, -0.2) is 51.7 Å². The van der Waals surface area contributed by atoms with E-state index in [9.17, 15) is 19.5 Å². The molecule has 9 nitrogen and oxygen atoms in total. The van der Waals surface area contributed by atoms with Gasteiger partial charge in [0.15, 0.2) is 5.58 Å². The van der Waals surface area contributed by atoms with E-state index in [1.54, 1.807) is 38.2 Å². The topological polar surface area (TPSA) is 99.2 Å². The molecule has 2 heterocycles. The van der Waals surface area contributed by atoms with Crippen molar-refractivity contribution in [3.05, 3.63) is 63.6 Å². The number of hydrogen-bond donors (Lipinski definition) is 1. The molecule has 0 radical (unpaired) electrons. The molecular formula is C22H24N4O5. The van der Waals surface area contributed by atoms with E-state index in [1.165, 1.54) is 20.6 Å². The van der Waals surface area contributed by atoms with E-state index < -0.39 is 11.7 Å². The highest BCUT2D eigenvalue weighted by Crippen LogP contribution is 2.27. The summed E-state index contributed by atoms with van der Waals surface area (Å²) >= 11 is 0. The van der Waals surface area contributed by atoms with Crippen molar-refractivity contribution in [2.75, 3.05) is 25.0 Å². The number of carboxylic acids is 1. The number of hydrogen-bond acceptors (Lipinski definition) is 6. The van der Waals surface area contributed by atoms with Crippen LogP contribution in [0.3, 0.4) is 0 Å². The lowest BCUT2D eigenvalue weighted by atomic mass is 10.1. The fraction of sp³-hybridized carbons (Fsp3) is 0.318. The van der Waals surface area contributed by atoms with Crippen molar-refractivity contribution in [3.8, 4) is 0 Å². The van der Waals surface area contributed by atoms with Crippen molar-refractivity contribution in [1.29, 1.82) is 0 Å². The van der Waals surface area contributed by atoms with E-state index in [2.05, 4.69) is 0 Å². The van der Waals surface area contributed by atoms with Gasteiger partial charge in [-0.25, -0.2) is 9.80 Å². The second-order valence-corrected chi connectivity index (χ2v) is 7.79. The minimum Gasteiger partial charge on any atom is -0.480 e. The second kappa shape index (κ2) is 7.92. The van der Waals surface area contributed by atoms with Gasteiger partial charge in [0.1, 0.15) is 6.54 Å². The molecule has 0 aliphatic carbocycles. The van der Waals surface area contributed by atoms with E-state index in [0.717, 1.165) is 0 Å². The van der Waals surface area contributed by atoms with Crippen LogP contribution in [0.15, 0.2) is 45.6 Å². The van der Waals surface area contributed by atoms with E-state index in [0.29, 0.717) is 35.4 Å². The highest BCUT2D eigenvalue weighted by molar-refractivity contribution is 5.87. The zero-order valence-electron chi connectivity index (χ0n) is 17.7. The van der Waals surface area contributed by atoms with Crippen LogP contribution in [0, 0.1) is 6.92 Å². The molecular weight excluding hydrogens is 400 g/mol. The summed E-state index contributed by atoms with van der Waals surface area (Å²) < 4.78 is 6.56. The zero-order valence-corrected chi connectivity index (χ0v) is 17.7.